The van der Waals surface area contributed by atoms with Crippen molar-refractivity contribution in [1.82, 2.24) is 15.5 Å². The molecule has 0 saturated carbocycles. The number of nitrogens with zero attached hydrogens (tertiary/aromatic N) is 1. The Morgan fingerprint density at radius 3 is 3.25 bits per heavy atom. The van der Waals surface area contributed by atoms with Gasteiger partial charge in [-0.3, -0.25) is 4.79 Å². The van der Waals surface area contributed by atoms with Crippen LogP contribution < -0.4 is 10.6 Å². The van der Waals surface area contributed by atoms with Crippen LogP contribution >= 0.6 is 0 Å². The van der Waals surface area contributed by atoms with Crippen LogP contribution in [0.15, 0.2) is 0 Å². The molecule has 0 unspecified atom stereocenters. The van der Waals surface area contributed by atoms with Gasteiger partial charge >= 0.3 is 0 Å². The van der Waals surface area contributed by atoms with Gasteiger partial charge in [0, 0.05) is 19.6 Å². The molecule has 0 aromatic rings. The molecule has 4 nitrogen and oxygen atoms in total. The molecule has 0 aromatic carbocycles. The third-order valence-corrected chi connectivity index (χ3v) is 2.04. The Labute approximate surface area is 73.3 Å². The number of rotatable bonds is 3. The van der Waals surface area contributed by atoms with Crippen molar-refractivity contribution in [2.24, 2.45) is 0 Å². The lowest BCUT2D eigenvalue weighted by molar-refractivity contribution is -0.129. The molecule has 1 amide bonds. The molecule has 0 spiro atoms. The smallest absolute Gasteiger partial charge is 0.236 e. The topological polar surface area (TPSA) is 44.4 Å². The van der Waals surface area contributed by atoms with Crippen molar-refractivity contribution >= 4 is 5.91 Å². The van der Waals surface area contributed by atoms with Gasteiger partial charge in [-0.05, 0) is 20.0 Å². The van der Waals surface area contributed by atoms with Crippen molar-refractivity contribution in [2.45, 2.75) is 6.42 Å². The molecule has 0 bridgehead atoms. The van der Waals surface area contributed by atoms with Crippen molar-refractivity contribution in [3.63, 3.8) is 0 Å². The van der Waals surface area contributed by atoms with E-state index >= 15 is 0 Å². The maximum absolute atomic E-state index is 11.4. The highest BCUT2D eigenvalue weighted by Crippen LogP contribution is 1.95. The predicted octanol–water partition coefficient (Wildman–Crippen LogP) is -0.972. The minimum absolute atomic E-state index is 0.225. The second kappa shape index (κ2) is 5.11. The first-order valence-corrected chi connectivity index (χ1v) is 4.47. The van der Waals surface area contributed by atoms with E-state index < -0.39 is 0 Å². The number of hydrogen-bond donors (Lipinski definition) is 2. The Hall–Kier alpha value is -0.610. The first kappa shape index (κ1) is 9.48. The van der Waals surface area contributed by atoms with Crippen LogP contribution in [0, 0.1) is 0 Å². The molecule has 4 heteroatoms. The molecule has 2 N–H and O–H groups in total. The summed E-state index contributed by atoms with van der Waals surface area (Å²) in [6, 6.07) is 0. The van der Waals surface area contributed by atoms with E-state index in [-0.39, 0.29) is 5.91 Å². The molecule has 0 aromatic heterocycles. The minimum atomic E-state index is 0.225. The number of carbonyl (C=O) groups is 1. The van der Waals surface area contributed by atoms with Crippen molar-refractivity contribution in [2.75, 3.05) is 39.8 Å². The summed E-state index contributed by atoms with van der Waals surface area (Å²) >= 11 is 0. The Kier molecular flexibility index (Phi) is 4.04. The van der Waals surface area contributed by atoms with Gasteiger partial charge < -0.3 is 15.5 Å². The Morgan fingerprint density at radius 2 is 2.50 bits per heavy atom. The molecule has 0 aliphatic carbocycles. The number of nitrogens with one attached hydrogen (secondary N) is 2. The Bertz CT molecular complexity index is 149. The summed E-state index contributed by atoms with van der Waals surface area (Å²) in [5.74, 6) is 0.225. The number of hydrogen-bond acceptors (Lipinski definition) is 3. The summed E-state index contributed by atoms with van der Waals surface area (Å²) < 4.78 is 0. The van der Waals surface area contributed by atoms with Gasteiger partial charge in [0.2, 0.25) is 5.91 Å². The van der Waals surface area contributed by atoms with E-state index in [9.17, 15) is 4.79 Å². The highest BCUT2D eigenvalue weighted by atomic mass is 16.2. The Balaban J connectivity index is 2.31. The van der Waals surface area contributed by atoms with Gasteiger partial charge in [-0.2, -0.15) is 0 Å². The zero-order chi connectivity index (χ0) is 8.81. The highest BCUT2D eigenvalue weighted by Gasteiger charge is 2.14. The van der Waals surface area contributed by atoms with Crippen molar-refractivity contribution in [3.8, 4) is 0 Å². The van der Waals surface area contributed by atoms with Crippen LogP contribution in [-0.4, -0.2) is 50.6 Å². The van der Waals surface area contributed by atoms with E-state index in [1.165, 1.54) is 0 Å². The fraction of sp³-hybridized carbons (Fsp3) is 0.875. The maximum atomic E-state index is 11.4. The molecular weight excluding hydrogens is 154 g/mol. The fourth-order valence-electron chi connectivity index (χ4n) is 1.31. The standard InChI is InChI=1S/C8H17N3O/c1-9-4-6-11-5-2-3-10-7-8(11)12/h9-10H,2-7H2,1H3. The van der Waals surface area contributed by atoms with E-state index in [1.807, 2.05) is 11.9 Å². The first-order valence-electron chi connectivity index (χ1n) is 4.47. The van der Waals surface area contributed by atoms with Gasteiger partial charge in [0.25, 0.3) is 0 Å². The van der Waals surface area contributed by atoms with E-state index in [1.54, 1.807) is 0 Å². The molecule has 1 fully saturated rings. The molecule has 1 aliphatic heterocycles. The summed E-state index contributed by atoms with van der Waals surface area (Å²) in [6.07, 6.45) is 1.06. The third-order valence-electron chi connectivity index (χ3n) is 2.04. The van der Waals surface area contributed by atoms with Crippen LogP contribution in [0.3, 0.4) is 0 Å². The second-order valence-corrected chi connectivity index (χ2v) is 3.01. The van der Waals surface area contributed by atoms with Crippen molar-refractivity contribution in [3.05, 3.63) is 0 Å². The number of amides is 1. The summed E-state index contributed by atoms with van der Waals surface area (Å²) in [5, 5.41) is 6.13. The van der Waals surface area contributed by atoms with Crippen molar-refractivity contribution in [1.29, 1.82) is 0 Å². The van der Waals surface area contributed by atoms with E-state index in [2.05, 4.69) is 10.6 Å². The van der Waals surface area contributed by atoms with Gasteiger partial charge in [0.1, 0.15) is 0 Å². The lowest BCUT2D eigenvalue weighted by Crippen LogP contribution is -2.38. The third kappa shape index (κ3) is 2.79. The summed E-state index contributed by atoms with van der Waals surface area (Å²) in [5.41, 5.74) is 0. The van der Waals surface area contributed by atoms with Gasteiger partial charge in [0.15, 0.2) is 0 Å². The van der Waals surface area contributed by atoms with Gasteiger partial charge in [0.05, 0.1) is 6.54 Å². The van der Waals surface area contributed by atoms with Crippen LogP contribution in [0.2, 0.25) is 0 Å². The van der Waals surface area contributed by atoms with Crippen molar-refractivity contribution < 1.29 is 4.79 Å². The first-order chi connectivity index (χ1) is 5.84. The SMILES string of the molecule is CNCCN1CCCNCC1=O. The van der Waals surface area contributed by atoms with Crippen LogP contribution in [0.4, 0.5) is 0 Å². The number of likely N-dealkylation sites (N-methyl/N-ethyl adjacent to an activating group) is 1. The fourth-order valence-corrected chi connectivity index (χ4v) is 1.31. The molecule has 0 atom stereocenters. The highest BCUT2D eigenvalue weighted by molar-refractivity contribution is 5.78. The Morgan fingerprint density at radius 1 is 1.67 bits per heavy atom. The lowest BCUT2D eigenvalue weighted by Gasteiger charge is -2.19. The molecule has 1 saturated heterocycles. The molecule has 0 radical (unpaired) electrons. The molecule has 70 valence electrons. The van der Waals surface area contributed by atoms with Gasteiger partial charge in [-0.25, -0.2) is 0 Å². The zero-order valence-corrected chi connectivity index (χ0v) is 7.60. The summed E-state index contributed by atoms with van der Waals surface area (Å²) in [7, 11) is 1.90. The van der Waals surface area contributed by atoms with Crippen LogP contribution in [-0.2, 0) is 4.79 Å². The average molecular weight is 171 g/mol. The number of carbonyl (C=O) groups excluding carboxylic acids is 1. The monoisotopic (exact) mass is 171 g/mol. The van der Waals surface area contributed by atoms with E-state index in [0.717, 1.165) is 32.6 Å². The second-order valence-electron chi connectivity index (χ2n) is 3.01. The normalized spacial score (nSPS) is 19.4. The quantitative estimate of drug-likeness (QED) is 0.574. The van der Waals surface area contributed by atoms with Crippen LogP contribution in [0.1, 0.15) is 6.42 Å². The molecule has 12 heavy (non-hydrogen) atoms. The largest absolute Gasteiger partial charge is 0.340 e. The summed E-state index contributed by atoms with van der Waals surface area (Å²) in [4.78, 5) is 13.3. The molecule has 1 heterocycles. The average Bonchev–Trinajstić information content (AvgIpc) is 2.27. The van der Waals surface area contributed by atoms with E-state index in [4.69, 9.17) is 0 Å². The van der Waals surface area contributed by atoms with Gasteiger partial charge in [-0.15, -0.1) is 0 Å². The molecular formula is C8H17N3O. The van der Waals surface area contributed by atoms with Crippen LogP contribution in [0.5, 0.6) is 0 Å². The van der Waals surface area contributed by atoms with Crippen LogP contribution in [0.25, 0.3) is 0 Å². The van der Waals surface area contributed by atoms with Gasteiger partial charge in [-0.1, -0.05) is 0 Å². The molecule has 1 rings (SSSR count). The zero-order valence-electron chi connectivity index (χ0n) is 7.60. The maximum Gasteiger partial charge on any atom is 0.236 e. The van der Waals surface area contributed by atoms with E-state index in [0.29, 0.717) is 6.54 Å². The minimum Gasteiger partial charge on any atom is -0.340 e. The predicted molar refractivity (Wildman–Crippen MR) is 48.0 cm³/mol. The molecule has 1 aliphatic rings. The summed E-state index contributed by atoms with van der Waals surface area (Å²) in [6.45, 7) is 4.07. The lowest BCUT2D eigenvalue weighted by atomic mass is 10.4.